The maximum Gasteiger partial charge on any atom is 0.132 e. The molecule has 0 amide bonds. The van der Waals surface area contributed by atoms with Crippen LogP contribution in [0, 0.1) is 11.3 Å². The Morgan fingerprint density at radius 3 is 2.88 bits per heavy atom. The number of aliphatic hydroxyl groups is 2. The molecule has 0 aromatic carbocycles. The van der Waals surface area contributed by atoms with Crippen molar-refractivity contribution in [1.82, 2.24) is 4.98 Å². The van der Waals surface area contributed by atoms with Crippen LogP contribution >= 0.6 is 11.6 Å². The van der Waals surface area contributed by atoms with Crippen molar-refractivity contribution in [1.29, 1.82) is 5.26 Å². The summed E-state index contributed by atoms with van der Waals surface area (Å²) < 4.78 is 0. The normalized spacial score (nSPS) is 13.9. The molecule has 1 heterocycles. The maximum absolute atomic E-state index is 9.54. The largest absolute Gasteiger partial charge is 0.393 e. The second-order valence-electron chi connectivity index (χ2n) is 3.68. The van der Waals surface area contributed by atoms with Crippen LogP contribution in [0.3, 0.4) is 0 Å². The fourth-order valence-electron chi connectivity index (χ4n) is 0.989. The van der Waals surface area contributed by atoms with Crippen molar-refractivity contribution in [2.75, 3.05) is 18.5 Å². The lowest BCUT2D eigenvalue weighted by molar-refractivity contribution is 0.0132. The molecule has 1 atom stereocenters. The van der Waals surface area contributed by atoms with Crippen molar-refractivity contribution >= 4 is 17.4 Å². The minimum atomic E-state index is -1.24. The summed E-state index contributed by atoms with van der Waals surface area (Å²) in [5.41, 5.74) is -0.859. The number of rotatable bonds is 4. The van der Waals surface area contributed by atoms with Gasteiger partial charge in [-0.25, -0.2) is 4.98 Å². The van der Waals surface area contributed by atoms with Crippen LogP contribution < -0.4 is 5.32 Å². The Labute approximate surface area is 98.3 Å². The summed E-state index contributed by atoms with van der Waals surface area (Å²) in [5, 5.41) is 30.1. The molecule has 5 nitrogen and oxygen atoms in total. The third-order valence-corrected chi connectivity index (χ3v) is 2.11. The van der Waals surface area contributed by atoms with Gasteiger partial charge >= 0.3 is 0 Å². The van der Waals surface area contributed by atoms with E-state index in [9.17, 15) is 5.11 Å². The molecule has 3 N–H and O–H groups in total. The molecule has 1 aromatic heterocycles. The van der Waals surface area contributed by atoms with Gasteiger partial charge < -0.3 is 15.5 Å². The lowest BCUT2D eigenvalue weighted by atomic mass is 10.1. The predicted molar refractivity (Wildman–Crippen MR) is 60.2 cm³/mol. The molecule has 0 aliphatic heterocycles. The molecular formula is C10H12ClN3O2. The van der Waals surface area contributed by atoms with Gasteiger partial charge in [0.05, 0.1) is 18.2 Å². The van der Waals surface area contributed by atoms with Gasteiger partial charge in [0.25, 0.3) is 0 Å². The second-order valence-corrected chi connectivity index (χ2v) is 4.07. The van der Waals surface area contributed by atoms with E-state index >= 15 is 0 Å². The van der Waals surface area contributed by atoms with E-state index in [2.05, 4.69) is 10.3 Å². The lowest BCUT2D eigenvalue weighted by Crippen LogP contribution is -2.37. The Balaban J connectivity index is 2.75. The number of nitrogens with one attached hydrogen (secondary N) is 1. The molecule has 1 unspecified atom stereocenters. The molecule has 86 valence electrons. The maximum atomic E-state index is 9.54. The zero-order valence-corrected chi connectivity index (χ0v) is 9.49. The van der Waals surface area contributed by atoms with E-state index in [0.717, 1.165) is 0 Å². The quantitative estimate of drug-likeness (QED) is 0.678. The van der Waals surface area contributed by atoms with Crippen LogP contribution in [-0.4, -0.2) is 33.9 Å². The second kappa shape index (κ2) is 5.12. The smallest absolute Gasteiger partial charge is 0.132 e. The van der Waals surface area contributed by atoms with Gasteiger partial charge in [-0.1, -0.05) is 11.6 Å². The van der Waals surface area contributed by atoms with Gasteiger partial charge in [-0.15, -0.1) is 0 Å². The van der Waals surface area contributed by atoms with Crippen molar-refractivity contribution in [2.24, 2.45) is 0 Å². The Hall–Kier alpha value is -1.35. The number of aromatic nitrogens is 1. The van der Waals surface area contributed by atoms with E-state index in [1.165, 1.54) is 19.1 Å². The fraction of sp³-hybridized carbons (Fsp3) is 0.400. The summed E-state index contributed by atoms with van der Waals surface area (Å²) in [5.74, 6) is 0.387. The first-order valence-corrected chi connectivity index (χ1v) is 4.99. The van der Waals surface area contributed by atoms with Crippen LogP contribution in [-0.2, 0) is 0 Å². The van der Waals surface area contributed by atoms with E-state index in [4.69, 9.17) is 22.0 Å². The van der Waals surface area contributed by atoms with E-state index in [1.807, 2.05) is 6.07 Å². The third kappa shape index (κ3) is 3.66. The van der Waals surface area contributed by atoms with Gasteiger partial charge in [0.2, 0.25) is 0 Å². The summed E-state index contributed by atoms with van der Waals surface area (Å²) in [6.45, 7) is 1.23. The molecule has 0 aliphatic carbocycles. The molecule has 1 aromatic rings. The summed E-state index contributed by atoms with van der Waals surface area (Å²) in [6.07, 6.45) is 0. The number of hydrogen-bond donors (Lipinski definition) is 3. The van der Waals surface area contributed by atoms with Crippen molar-refractivity contribution in [3.8, 4) is 6.07 Å². The topological polar surface area (TPSA) is 89.2 Å². The van der Waals surface area contributed by atoms with Crippen LogP contribution in [0.5, 0.6) is 0 Å². The van der Waals surface area contributed by atoms with E-state index in [1.54, 1.807) is 0 Å². The average molecular weight is 242 g/mol. The first-order chi connectivity index (χ1) is 7.46. The monoisotopic (exact) mass is 241 g/mol. The molecule has 16 heavy (non-hydrogen) atoms. The van der Waals surface area contributed by atoms with Gasteiger partial charge in [0.1, 0.15) is 16.6 Å². The summed E-state index contributed by atoms with van der Waals surface area (Å²) in [6, 6.07) is 4.90. The molecule has 0 saturated heterocycles. The van der Waals surface area contributed by atoms with Gasteiger partial charge in [0.15, 0.2) is 0 Å². The van der Waals surface area contributed by atoms with Crippen LogP contribution in [0.25, 0.3) is 0 Å². The van der Waals surface area contributed by atoms with Gasteiger partial charge in [-0.3, -0.25) is 0 Å². The SMILES string of the molecule is CC(O)(CO)CNc1cc(C#N)cc(Cl)n1. The number of pyridine rings is 1. The standard InChI is InChI=1S/C10H12ClN3O2/c1-10(16,6-15)5-13-9-3-7(4-12)2-8(11)14-9/h2-3,15-16H,5-6H2,1H3,(H,13,14). The Morgan fingerprint density at radius 1 is 1.62 bits per heavy atom. The number of halogens is 1. The van der Waals surface area contributed by atoms with E-state index in [0.29, 0.717) is 11.4 Å². The van der Waals surface area contributed by atoms with Crippen molar-refractivity contribution < 1.29 is 10.2 Å². The average Bonchev–Trinajstić information content (AvgIpc) is 2.26. The Bertz CT molecular complexity index is 415. The Morgan fingerprint density at radius 2 is 2.31 bits per heavy atom. The molecular weight excluding hydrogens is 230 g/mol. The molecule has 1 rings (SSSR count). The zero-order valence-electron chi connectivity index (χ0n) is 8.74. The molecule has 0 saturated carbocycles. The minimum absolute atomic E-state index is 0.113. The number of anilines is 1. The first-order valence-electron chi connectivity index (χ1n) is 4.61. The van der Waals surface area contributed by atoms with Crippen LogP contribution in [0.4, 0.5) is 5.82 Å². The number of aliphatic hydroxyl groups excluding tert-OH is 1. The van der Waals surface area contributed by atoms with Crippen molar-refractivity contribution in [3.63, 3.8) is 0 Å². The molecule has 0 aliphatic rings. The summed E-state index contributed by atoms with van der Waals surface area (Å²) >= 11 is 5.70. The highest BCUT2D eigenvalue weighted by atomic mass is 35.5. The first kappa shape index (κ1) is 12.7. The summed E-state index contributed by atoms with van der Waals surface area (Å²) in [7, 11) is 0. The molecule has 0 bridgehead atoms. The van der Waals surface area contributed by atoms with Crippen molar-refractivity contribution in [2.45, 2.75) is 12.5 Å². The highest BCUT2D eigenvalue weighted by Crippen LogP contribution is 2.14. The number of hydrogen-bond acceptors (Lipinski definition) is 5. The fourth-order valence-corrected chi connectivity index (χ4v) is 1.20. The van der Waals surface area contributed by atoms with Crippen LogP contribution in [0.1, 0.15) is 12.5 Å². The lowest BCUT2D eigenvalue weighted by Gasteiger charge is -2.20. The zero-order chi connectivity index (χ0) is 12.2. The highest BCUT2D eigenvalue weighted by Gasteiger charge is 2.18. The highest BCUT2D eigenvalue weighted by molar-refractivity contribution is 6.29. The summed E-state index contributed by atoms with van der Waals surface area (Å²) in [4.78, 5) is 3.93. The number of nitriles is 1. The van der Waals surface area contributed by atoms with Gasteiger partial charge in [-0.2, -0.15) is 5.26 Å². The molecule has 6 heteroatoms. The van der Waals surface area contributed by atoms with E-state index < -0.39 is 5.60 Å². The van der Waals surface area contributed by atoms with Gasteiger partial charge in [-0.05, 0) is 19.1 Å². The number of nitrogens with zero attached hydrogens (tertiary/aromatic N) is 2. The predicted octanol–water partition coefficient (Wildman–Crippen LogP) is 0.762. The Kier molecular flexibility index (Phi) is 4.07. The molecule has 0 radical (unpaired) electrons. The van der Waals surface area contributed by atoms with Gasteiger partial charge in [0, 0.05) is 6.54 Å². The van der Waals surface area contributed by atoms with E-state index in [-0.39, 0.29) is 18.3 Å². The molecule has 0 fully saturated rings. The van der Waals surface area contributed by atoms with Crippen LogP contribution in [0.2, 0.25) is 5.15 Å². The minimum Gasteiger partial charge on any atom is -0.393 e. The van der Waals surface area contributed by atoms with Crippen LogP contribution in [0.15, 0.2) is 12.1 Å². The molecule has 0 spiro atoms. The third-order valence-electron chi connectivity index (χ3n) is 1.91. The van der Waals surface area contributed by atoms with Crippen molar-refractivity contribution in [3.05, 3.63) is 22.8 Å².